The van der Waals surface area contributed by atoms with Gasteiger partial charge in [0.1, 0.15) is 5.75 Å². The molecule has 0 amide bonds. The number of methoxy groups -OCH3 is 1. The zero-order valence-corrected chi connectivity index (χ0v) is 18.0. The molecule has 1 saturated carbocycles. The Morgan fingerprint density at radius 3 is 2.55 bits per heavy atom. The van der Waals surface area contributed by atoms with E-state index in [1.807, 2.05) is 43.3 Å². The predicted octanol–water partition coefficient (Wildman–Crippen LogP) is 2.59. The van der Waals surface area contributed by atoms with Crippen LogP contribution in [0.15, 0.2) is 59.5 Å². The fourth-order valence-electron chi connectivity index (χ4n) is 4.19. The van der Waals surface area contributed by atoms with Crippen molar-refractivity contribution in [3.05, 3.63) is 60.2 Å². The van der Waals surface area contributed by atoms with Gasteiger partial charge in [0.15, 0.2) is 0 Å². The molecule has 0 saturated heterocycles. The molecule has 3 atom stereocenters. The van der Waals surface area contributed by atoms with Crippen LogP contribution in [0.25, 0.3) is 0 Å². The molecule has 0 aromatic heterocycles. The molecule has 7 heteroatoms. The highest BCUT2D eigenvalue weighted by Gasteiger charge is 2.44. The van der Waals surface area contributed by atoms with Crippen LogP contribution in [0, 0.1) is 5.92 Å². The van der Waals surface area contributed by atoms with E-state index in [-0.39, 0.29) is 16.9 Å². The van der Waals surface area contributed by atoms with Crippen molar-refractivity contribution < 1.29 is 18.3 Å². The summed E-state index contributed by atoms with van der Waals surface area (Å²) in [4.78, 5) is 2.29. The third-order valence-electron chi connectivity index (χ3n) is 5.65. The minimum absolute atomic E-state index is 0.123. The molecule has 6 nitrogen and oxygen atoms in total. The van der Waals surface area contributed by atoms with Crippen LogP contribution >= 0.6 is 0 Å². The van der Waals surface area contributed by atoms with Crippen molar-refractivity contribution in [3.63, 3.8) is 0 Å². The molecule has 3 unspecified atom stereocenters. The van der Waals surface area contributed by atoms with E-state index in [4.69, 9.17) is 4.74 Å². The summed E-state index contributed by atoms with van der Waals surface area (Å²) in [5.41, 5.74) is -0.221. The van der Waals surface area contributed by atoms with E-state index in [1.165, 1.54) is 0 Å². The highest BCUT2D eigenvalue weighted by Crippen LogP contribution is 2.43. The molecule has 0 heterocycles. The maximum atomic E-state index is 12.7. The zero-order chi connectivity index (χ0) is 21.1. The van der Waals surface area contributed by atoms with Crippen LogP contribution in [-0.4, -0.2) is 52.2 Å². The van der Waals surface area contributed by atoms with Crippen molar-refractivity contribution in [1.82, 2.24) is 9.62 Å². The molecule has 2 aromatic carbocycles. The summed E-state index contributed by atoms with van der Waals surface area (Å²) in [7, 11) is 1.94. The predicted molar refractivity (Wildman–Crippen MR) is 113 cm³/mol. The van der Waals surface area contributed by atoms with Gasteiger partial charge < -0.3 is 14.7 Å². The zero-order valence-electron chi connectivity index (χ0n) is 17.2. The van der Waals surface area contributed by atoms with Gasteiger partial charge in [-0.05, 0) is 63.2 Å². The van der Waals surface area contributed by atoms with Crippen molar-refractivity contribution in [2.24, 2.45) is 5.92 Å². The van der Waals surface area contributed by atoms with Crippen LogP contribution in [0.2, 0.25) is 0 Å². The van der Waals surface area contributed by atoms with E-state index in [1.54, 1.807) is 37.4 Å². The maximum Gasteiger partial charge on any atom is 0.240 e. The van der Waals surface area contributed by atoms with Gasteiger partial charge in [-0.15, -0.1) is 0 Å². The highest BCUT2D eigenvalue weighted by molar-refractivity contribution is 7.89. The minimum atomic E-state index is -3.59. The van der Waals surface area contributed by atoms with Crippen LogP contribution in [0.5, 0.6) is 5.75 Å². The number of hydrogen-bond donors (Lipinski definition) is 2. The number of ether oxygens (including phenoxy) is 1. The van der Waals surface area contributed by atoms with Gasteiger partial charge in [-0.1, -0.05) is 30.3 Å². The molecule has 29 heavy (non-hydrogen) atoms. The SMILES string of the molecule is COc1cccc(C2(O)CCC(NS(=O)(=O)c3ccccc3)CC2CN(C)C)c1. The van der Waals surface area contributed by atoms with Crippen LogP contribution < -0.4 is 9.46 Å². The Hall–Kier alpha value is -1.93. The Morgan fingerprint density at radius 1 is 1.17 bits per heavy atom. The lowest BCUT2D eigenvalue weighted by Gasteiger charge is -2.44. The lowest BCUT2D eigenvalue weighted by molar-refractivity contribution is -0.0675. The summed E-state index contributed by atoms with van der Waals surface area (Å²) in [6.07, 6.45) is 1.59. The van der Waals surface area contributed by atoms with Gasteiger partial charge in [0, 0.05) is 18.5 Å². The molecular weight excluding hydrogens is 388 g/mol. The largest absolute Gasteiger partial charge is 0.497 e. The lowest BCUT2D eigenvalue weighted by Crippen LogP contribution is -2.50. The number of benzene rings is 2. The molecule has 158 valence electrons. The third kappa shape index (κ3) is 4.98. The van der Waals surface area contributed by atoms with E-state index in [9.17, 15) is 13.5 Å². The Morgan fingerprint density at radius 2 is 1.90 bits per heavy atom. The van der Waals surface area contributed by atoms with E-state index in [2.05, 4.69) is 4.72 Å². The minimum Gasteiger partial charge on any atom is -0.497 e. The van der Waals surface area contributed by atoms with Gasteiger partial charge in [0.05, 0.1) is 17.6 Å². The van der Waals surface area contributed by atoms with Crippen molar-refractivity contribution in [3.8, 4) is 5.75 Å². The number of sulfonamides is 1. The molecule has 1 fully saturated rings. The molecule has 3 rings (SSSR count). The van der Waals surface area contributed by atoms with Crippen LogP contribution in [0.1, 0.15) is 24.8 Å². The summed E-state index contributed by atoms with van der Waals surface area (Å²) >= 11 is 0. The van der Waals surface area contributed by atoms with E-state index >= 15 is 0 Å². The normalized spacial score (nSPS) is 25.1. The van der Waals surface area contributed by atoms with Crippen molar-refractivity contribution in [2.75, 3.05) is 27.7 Å². The average molecular weight is 419 g/mol. The van der Waals surface area contributed by atoms with Gasteiger partial charge in [0.25, 0.3) is 0 Å². The lowest BCUT2D eigenvalue weighted by atomic mass is 9.69. The van der Waals surface area contributed by atoms with E-state index in [0.717, 1.165) is 5.56 Å². The molecule has 0 aliphatic heterocycles. The van der Waals surface area contributed by atoms with E-state index in [0.29, 0.717) is 31.6 Å². The molecule has 1 aliphatic carbocycles. The highest BCUT2D eigenvalue weighted by atomic mass is 32.2. The molecule has 2 N–H and O–H groups in total. The summed E-state index contributed by atoms with van der Waals surface area (Å²) in [5.74, 6) is 0.577. The second-order valence-corrected chi connectivity index (χ2v) is 9.73. The molecule has 0 spiro atoms. The summed E-state index contributed by atoms with van der Waals surface area (Å²) in [6.45, 7) is 0.650. The Balaban J connectivity index is 1.83. The second-order valence-electron chi connectivity index (χ2n) is 8.02. The number of aliphatic hydroxyl groups is 1. The summed E-state index contributed by atoms with van der Waals surface area (Å²) < 4.78 is 33.7. The maximum absolute atomic E-state index is 12.7. The number of nitrogens with one attached hydrogen (secondary N) is 1. The molecule has 0 bridgehead atoms. The number of hydrogen-bond acceptors (Lipinski definition) is 5. The summed E-state index contributed by atoms with van der Waals surface area (Å²) in [5, 5.41) is 11.6. The first-order chi connectivity index (χ1) is 13.7. The molecule has 1 aliphatic rings. The first-order valence-corrected chi connectivity index (χ1v) is 11.3. The summed E-state index contributed by atoms with van der Waals surface area (Å²) in [6, 6.07) is 15.7. The van der Waals surface area contributed by atoms with Crippen molar-refractivity contribution >= 4 is 10.0 Å². The Labute approximate surface area is 173 Å². The van der Waals surface area contributed by atoms with E-state index < -0.39 is 15.6 Å². The quantitative estimate of drug-likeness (QED) is 0.723. The van der Waals surface area contributed by atoms with Crippen LogP contribution in [-0.2, 0) is 15.6 Å². The van der Waals surface area contributed by atoms with Gasteiger partial charge in [-0.25, -0.2) is 13.1 Å². The second kappa shape index (κ2) is 8.83. The third-order valence-corrected chi connectivity index (χ3v) is 7.19. The number of nitrogens with zero attached hydrogens (tertiary/aromatic N) is 1. The molecule has 2 aromatic rings. The molecular formula is C22H30N2O4S. The van der Waals surface area contributed by atoms with Gasteiger partial charge in [-0.3, -0.25) is 0 Å². The van der Waals surface area contributed by atoms with Gasteiger partial charge >= 0.3 is 0 Å². The van der Waals surface area contributed by atoms with Crippen LogP contribution in [0.4, 0.5) is 0 Å². The fourth-order valence-corrected chi connectivity index (χ4v) is 5.49. The average Bonchev–Trinajstić information content (AvgIpc) is 2.71. The topological polar surface area (TPSA) is 78.9 Å². The van der Waals surface area contributed by atoms with Crippen LogP contribution in [0.3, 0.4) is 0 Å². The van der Waals surface area contributed by atoms with Gasteiger partial charge in [0.2, 0.25) is 10.0 Å². The van der Waals surface area contributed by atoms with Gasteiger partial charge in [-0.2, -0.15) is 0 Å². The van der Waals surface area contributed by atoms with Crippen molar-refractivity contribution in [2.45, 2.75) is 35.8 Å². The van der Waals surface area contributed by atoms with Crippen molar-refractivity contribution in [1.29, 1.82) is 0 Å². The first kappa shape index (κ1) is 21.8. The first-order valence-electron chi connectivity index (χ1n) is 9.83. The Kier molecular flexibility index (Phi) is 6.63. The standard InChI is InChI=1S/C22H30N2O4S/c1-24(2)16-18-14-19(23-29(26,27)21-10-5-4-6-11-21)12-13-22(18,25)17-8-7-9-20(15-17)28-3/h4-11,15,18-19,23,25H,12-14,16H2,1-3H3. The Bertz CT molecular complexity index is 917. The monoisotopic (exact) mass is 418 g/mol. The number of rotatable bonds is 7. The fraction of sp³-hybridized carbons (Fsp3) is 0.455. The molecule has 0 radical (unpaired) electrons. The smallest absolute Gasteiger partial charge is 0.240 e.